The van der Waals surface area contributed by atoms with Crippen LogP contribution < -0.4 is 15.8 Å². The van der Waals surface area contributed by atoms with E-state index >= 15 is 0 Å². The van der Waals surface area contributed by atoms with Gasteiger partial charge in [-0.1, -0.05) is 19.9 Å². The summed E-state index contributed by atoms with van der Waals surface area (Å²) < 4.78 is 23.2. The number of nitrogens with two attached hydrogens (primary N) is 1. The SMILES string of the molecule is CC1(C)CNCCC(Nc2cccc(S(N)(=O)=O)c2C#N)C1. The number of rotatable bonds is 3. The number of nitrogens with one attached hydrogen (secondary N) is 2. The van der Waals surface area contributed by atoms with Crippen molar-refractivity contribution in [3.63, 3.8) is 0 Å². The molecule has 1 fully saturated rings. The van der Waals surface area contributed by atoms with Crippen LogP contribution in [0.4, 0.5) is 5.69 Å². The van der Waals surface area contributed by atoms with Gasteiger partial charge < -0.3 is 10.6 Å². The Kier molecular flexibility index (Phi) is 4.75. The Bertz CT molecular complexity index is 692. The molecule has 7 heteroatoms. The number of nitriles is 1. The maximum atomic E-state index is 11.6. The molecule has 1 aliphatic rings. The Morgan fingerprint density at radius 3 is 2.82 bits per heavy atom. The van der Waals surface area contributed by atoms with Crippen molar-refractivity contribution in [2.24, 2.45) is 10.6 Å². The maximum absolute atomic E-state index is 11.6. The molecule has 0 aromatic heterocycles. The minimum atomic E-state index is -3.91. The third kappa shape index (κ3) is 3.97. The van der Waals surface area contributed by atoms with E-state index in [9.17, 15) is 13.7 Å². The van der Waals surface area contributed by atoms with Gasteiger partial charge in [-0.15, -0.1) is 0 Å². The summed E-state index contributed by atoms with van der Waals surface area (Å²) in [7, 11) is -3.91. The molecule has 0 aliphatic carbocycles. The third-order valence-corrected chi connectivity index (χ3v) is 4.83. The molecule has 0 bridgehead atoms. The fourth-order valence-corrected chi connectivity index (χ4v) is 3.60. The van der Waals surface area contributed by atoms with Crippen molar-refractivity contribution in [3.05, 3.63) is 23.8 Å². The van der Waals surface area contributed by atoms with Crippen molar-refractivity contribution in [1.29, 1.82) is 5.26 Å². The quantitative estimate of drug-likeness (QED) is 0.779. The van der Waals surface area contributed by atoms with Crippen LogP contribution in [-0.2, 0) is 10.0 Å². The van der Waals surface area contributed by atoms with Crippen LogP contribution >= 0.6 is 0 Å². The van der Waals surface area contributed by atoms with Crippen LogP contribution in [0.2, 0.25) is 0 Å². The molecular formula is C15H22N4O2S. The molecule has 22 heavy (non-hydrogen) atoms. The van der Waals surface area contributed by atoms with E-state index < -0.39 is 10.0 Å². The zero-order valence-corrected chi connectivity index (χ0v) is 13.7. The molecule has 4 N–H and O–H groups in total. The van der Waals surface area contributed by atoms with E-state index in [0.29, 0.717) is 5.69 Å². The van der Waals surface area contributed by atoms with E-state index in [0.717, 1.165) is 25.9 Å². The van der Waals surface area contributed by atoms with Crippen molar-refractivity contribution < 1.29 is 8.42 Å². The number of nitrogens with zero attached hydrogens (tertiary/aromatic N) is 1. The van der Waals surface area contributed by atoms with Gasteiger partial charge in [0.25, 0.3) is 0 Å². The second-order valence-corrected chi connectivity index (χ2v) is 8.04. The van der Waals surface area contributed by atoms with Crippen LogP contribution in [0.15, 0.2) is 23.1 Å². The third-order valence-electron chi connectivity index (χ3n) is 3.88. The highest BCUT2D eigenvalue weighted by Crippen LogP contribution is 2.29. The van der Waals surface area contributed by atoms with E-state index in [4.69, 9.17) is 5.14 Å². The average molecular weight is 322 g/mol. The summed E-state index contributed by atoms with van der Waals surface area (Å²) in [5.41, 5.74) is 0.746. The van der Waals surface area contributed by atoms with Crippen LogP contribution in [0, 0.1) is 16.7 Å². The molecule has 1 aromatic rings. The fourth-order valence-electron chi connectivity index (χ4n) is 2.89. The van der Waals surface area contributed by atoms with E-state index in [1.165, 1.54) is 6.07 Å². The van der Waals surface area contributed by atoms with Crippen molar-refractivity contribution in [1.82, 2.24) is 5.32 Å². The Hall–Kier alpha value is -1.62. The highest BCUT2D eigenvalue weighted by atomic mass is 32.2. The smallest absolute Gasteiger partial charge is 0.239 e. The van der Waals surface area contributed by atoms with Gasteiger partial charge in [-0.05, 0) is 36.9 Å². The Balaban J connectivity index is 2.32. The maximum Gasteiger partial charge on any atom is 0.239 e. The molecule has 1 aromatic carbocycles. The number of anilines is 1. The molecule has 2 rings (SSSR count). The molecule has 6 nitrogen and oxygen atoms in total. The summed E-state index contributed by atoms with van der Waals surface area (Å²) >= 11 is 0. The second-order valence-electron chi connectivity index (χ2n) is 6.51. The van der Waals surface area contributed by atoms with Crippen LogP contribution in [0.3, 0.4) is 0 Å². The summed E-state index contributed by atoms with van der Waals surface area (Å²) in [6.07, 6.45) is 1.85. The summed E-state index contributed by atoms with van der Waals surface area (Å²) in [6, 6.07) is 6.81. The first-order valence-corrected chi connectivity index (χ1v) is 8.81. The first-order valence-electron chi connectivity index (χ1n) is 7.26. The predicted octanol–water partition coefficient (Wildman–Crippen LogP) is 1.40. The van der Waals surface area contributed by atoms with E-state index in [-0.39, 0.29) is 21.9 Å². The van der Waals surface area contributed by atoms with Gasteiger partial charge >= 0.3 is 0 Å². The summed E-state index contributed by atoms with van der Waals surface area (Å²) in [4.78, 5) is -0.133. The van der Waals surface area contributed by atoms with Crippen LogP contribution in [0.25, 0.3) is 0 Å². The van der Waals surface area contributed by atoms with Gasteiger partial charge in [0.1, 0.15) is 11.0 Å². The lowest BCUT2D eigenvalue weighted by Gasteiger charge is -2.27. The van der Waals surface area contributed by atoms with Gasteiger partial charge in [0, 0.05) is 12.6 Å². The number of hydrogen-bond donors (Lipinski definition) is 3. The van der Waals surface area contributed by atoms with Gasteiger partial charge in [0.05, 0.1) is 11.3 Å². The first-order chi connectivity index (χ1) is 10.2. The molecular weight excluding hydrogens is 300 g/mol. The zero-order chi connectivity index (χ0) is 16.4. The standard InChI is InChI=1S/C15H22N4O2S/c1-15(2)8-11(6-7-18-10-15)19-13-4-3-5-14(12(13)9-16)22(17,20)21/h3-5,11,18-19H,6-8,10H2,1-2H3,(H2,17,20,21). The lowest BCUT2D eigenvalue weighted by Crippen LogP contribution is -2.29. The molecule has 0 amide bonds. The average Bonchev–Trinajstić information content (AvgIpc) is 2.58. The molecule has 1 aliphatic heterocycles. The van der Waals surface area contributed by atoms with E-state index in [1.54, 1.807) is 12.1 Å². The van der Waals surface area contributed by atoms with Gasteiger partial charge in [0.2, 0.25) is 10.0 Å². The molecule has 0 saturated carbocycles. The van der Waals surface area contributed by atoms with Gasteiger partial charge in [0.15, 0.2) is 0 Å². The Morgan fingerprint density at radius 2 is 2.18 bits per heavy atom. The highest BCUT2D eigenvalue weighted by molar-refractivity contribution is 7.89. The largest absolute Gasteiger partial charge is 0.381 e. The number of primary sulfonamides is 1. The molecule has 1 atom stereocenters. The molecule has 1 heterocycles. The fraction of sp³-hybridized carbons (Fsp3) is 0.533. The van der Waals surface area contributed by atoms with Crippen LogP contribution in [0.5, 0.6) is 0 Å². The predicted molar refractivity (Wildman–Crippen MR) is 85.8 cm³/mol. The Morgan fingerprint density at radius 1 is 1.45 bits per heavy atom. The molecule has 1 unspecified atom stereocenters. The van der Waals surface area contributed by atoms with Crippen molar-refractivity contribution >= 4 is 15.7 Å². The first kappa shape index (κ1) is 16.7. The van der Waals surface area contributed by atoms with Gasteiger partial charge in [-0.3, -0.25) is 0 Å². The van der Waals surface area contributed by atoms with Crippen molar-refractivity contribution in [3.8, 4) is 6.07 Å². The minimum Gasteiger partial charge on any atom is -0.381 e. The van der Waals surface area contributed by atoms with Gasteiger partial charge in [-0.2, -0.15) is 5.26 Å². The van der Waals surface area contributed by atoms with Gasteiger partial charge in [-0.25, -0.2) is 13.6 Å². The number of hydrogen-bond acceptors (Lipinski definition) is 5. The number of sulfonamides is 1. The lowest BCUT2D eigenvalue weighted by molar-refractivity contribution is 0.325. The molecule has 1 saturated heterocycles. The second kappa shape index (κ2) is 6.24. The lowest BCUT2D eigenvalue weighted by atomic mass is 9.86. The van der Waals surface area contributed by atoms with Crippen LogP contribution in [0.1, 0.15) is 32.3 Å². The topological polar surface area (TPSA) is 108 Å². The molecule has 0 radical (unpaired) electrons. The van der Waals surface area contributed by atoms with Crippen molar-refractivity contribution in [2.75, 3.05) is 18.4 Å². The summed E-state index contributed by atoms with van der Waals surface area (Å²) in [5.74, 6) is 0. The summed E-state index contributed by atoms with van der Waals surface area (Å²) in [5, 5.41) is 21.2. The Labute approximate surface area is 131 Å². The highest BCUT2D eigenvalue weighted by Gasteiger charge is 2.27. The van der Waals surface area contributed by atoms with E-state index in [2.05, 4.69) is 24.5 Å². The number of benzene rings is 1. The normalized spacial score (nSPS) is 21.6. The minimum absolute atomic E-state index is 0.0833. The molecule has 0 spiro atoms. The zero-order valence-electron chi connectivity index (χ0n) is 12.9. The monoisotopic (exact) mass is 322 g/mol. The van der Waals surface area contributed by atoms with E-state index in [1.807, 2.05) is 6.07 Å². The summed E-state index contributed by atoms with van der Waals surface area (Å²) in [6.45, 7) is 6.20. The molecule has 120 valence electrons. The van der Waals surface area contributed by atoms with Crippen LogP contribution in [-0.4, -0.2) is 27.5 Å². The van der Waals surface area contributed by atoms with Crippen molar-refractivity contribution in [2.45, 2.75) is 37.6 Å².